The Morgan fingerprint density at radius 2 is 2.10 bits per heavy atom. The molecule has 1 fully saturated rings. The number of benzene rings is 1. The largest absolute Gasteiger partial charge is 0.454 e. The molecule has 1 aromatic rings. The summed E-state index contributed by atoms with van der Waals surface area (Å²) in [4.78, 5) is 2.52. The summed E-state index contributed by atoms with van der Waals surface area (Å²) >= 11 is 3.58. The SMILES string of the molecule is CC(C)N(CC1CC1)C(CN)c1cc(Br)c2c(c1)OCO2. The Kier molecular flexibility index (Phi) is 4.43. The summed E-state index contributed by atoms with van der Waals surface area (Å²) in [5.41, 5.74) is 7.30. The van der Waals surface area contributed by atoms with Crippen molar-refractivity contribution in [3.05, 3.63) is 22.2 Å². The van der Waals surface area contributed by atoms with Crippen LogP contribution in [0.25, 0.3) is 0 Å². The minimum atomic E-state index is 0.219. The van der Waals surface area contributed by atoms with E-state index in [1.807, 2.05) is 0 Å². The molecule has 2 aliphatic rings. The predicted octanol–water partition coefficient (Wildman–Crippen LogP) is 3.30. The van der Waals surface area contributed by atoms with Crippen molar-refractivity contribution in [3.63, 3.8) is 0 Å². The van der Waals surface area contributed by atoms with Crippen LogP contribution in [0.5, 0.6) is 11.5 Å². The molecule has 1 atom stereocenters. The first kappa shape index (κ1) is 15.1. The lowest BCUT2D eigenvalue weighted by Gasteiger charge is -2.35. The van der Waals surface area contributed by atoms with Gasteiger partial charge >= 0.3 is 0 Å². The monoisotopic (exact) mass is 354 g/mol. The van der Waals surface area contributed by atoms with Crippen LogP contribution in [-0.4, -0.2) is 30.8 Å². The van der Waals surface area contributed by atoms with Crippen LogP contribution in [0.1, 0.15) is 38.3 Å². The van der Waals surface area contributed by atoms with Gasteiger partial charge in [0.1, 0.15) is 0 Å². The van der Waals surface area contributed by atoms with E-state index in [1.165, 1.54) is 18.4 Å². The first-order valence-corrected chi connectivity index (χ1v) is 8.44. The van der Waals surface area contributed by atoms with Crippen molar-refractivity contribution in [3.8, 4) is 11.5 Å². The zero-order valence-corrected chi connectivity index (χ0v) is 14.2. The zero-order chi connectivity index (χ0) is 15.0. The molecule has 5 heteroatoms. The molecule has 1 saturated carbocycles. The minimum absolute atomic E-state index is 0.219. The van der Waals surface area contributed by atoms with E-state index in [0.717, 1.165) is 28.4 Å². The summed E-state index contributed by atoms with van der Waals surface area (Å²) < 4.78 is 11.9. The van der Waals surface area contributed by atoms with Crippen molar-refractivity contribution in [1.82, 2.24) is 4.90 Å². The average Bonchev–Trinajstić information content (AvgIpc) is 3.13. The van der Waals surface area contributed by atoms with E-state index in [9.17, 15) is 0 Å². The molecule has 1 aromatic carbocycles. The van der Waals surface area contributed by atoms with Crippen molar-refractivity contribution in [2.24, 2.45) is 11.7 Å². The van der Waals surface area contributed by atoms with Crippen LogP contribution in [0.2, 0.25) is 0 Å². The molecular formula is C16H23BrN2O2. The van der Waals surface area contributed by atoms with E-state index >= 15 is 0 Å². The van der Waals surface area contributed by atoms with Crippen molar-refractivity contribution in [2.45, 2.75) is 38.8 Å². The van der Waals surface area contributed by atoms with Crippen LogP contribution in [0, 0.1) is 5.92 Å². The van der Waals surface area contributed by atoms with E-state index in [0.29, 0.717) is 19.4 Å². The van der Waals surface area contributed by atoms with E-state index in [2.05, 4.69) is 46.8 Å². The first-order chi connectivity index (χ1) is 10.1. The smallest absolute Gasteiger partial charge is 0.231 e. The molecule has 21 heavy (non-hydrogen) atoms. The number of nitrogens with two attached hydrogens (primary N) is 1. The third kappa shape index (κ3) is 3.20. The molecule has 3 rings (SSSR count). The number of ether oxygens (including phenoxy) is 2. The fraction of sp³-hybridized carbons (Fsp3) is 0.625. The molecule has 1 heterocycles. The van der Waals surface area contributed by atoms with Gasteiger partial charge in [-0.1, -0.05) is 0 Å². The highest BCUT2D eigenvalue weighted by atomic mass is 79.9. The Bertz CT molecular complexity index is 517. The first-order valence-electron chi connectivity index (χ1n) is 7.65. The van der Waals surface area contributed by atoms with E-state index in [4.69, 9.17) is 15.2 Å². The molecule has 0 aromatic heterocycles. The van der Waals surface area contributed by atoms with Crippen LogP contribution in [0.3, 0.4) is 0 Å². The maximum atomic E-state index is 6.11. The van der Waals surface area contributed by atoms with Gasteiger partial charge in [-0.05, 0) is 66.2 Å². The fourth-order valence-electron chi connectivity index (χ4n) is 2.94. The molecular weight excluding hydrogens is 332 g/mol. The number of fused-ring (bicyclic) bond motifs is 1. The lowest BCUT2D eigenvalue weighted by atomic mass is 10.0. The van der Waals surface area contributed by atoms with Gasteiger partial charge in [0, 0.05) is 25.2 Å². The molecule has 1 aliphatic carbocycles. The number of rotatable bonds is 6. The van der Waals surface area contributed by atoms with Crippen molar-refractivity contribution in [1.29, 1.82) is 0 Å². The van der Waals surface area contributed by atoms with Crippen LogP contribution < -0.4 is 15.2 Å². The molecule has 1 aliphatic heterocycles. The van der Waals surface area contributed by atoms with Gasteiger partial charge in [-0.25, -0.2) is 0 Å². The summed E-state index contributed by atoms with van der Waals surface area (Å²) in [6.45, 7) is 6.52. The van der Waals surface area contributed by atoms with Crippen molar-refractivity contribution in [2.75, 3.05) is 19.9 Å². The predicted molar refractivity (Wildman–Crippen MR) is 86.6 cm³/mol. The maximum Gasteiger partial charge on any atom is 0.231 e. The molecule has 0 bridgehead atoms. The number of hydrogen-bond donors (Lipinski definition) is 1. The van der Waals surface area contributed by atoms with Gasteiger partial charge in [-0.2, -0.15) is 0 Å². The third-order valence-electron chi connectivity index (χ3n) is 4.29. The summed E-state index contributed by atoms with van der Waals surface area (Å²) in [6.07, 6.45) is 2.71. The number of halogens is 1. The van der Waals surface area contributed by atoms with Gasteiger partial charge in [0.25, 0.3) is 0 Å². The van der Waals surface area contributed by atoms with Crippen molar-refractivity contribution < 1.29 is 9.47 Å². The van der Waals surface area contributed by atoms with Gasteiger partial charge < -0.3 is 15.2 Å². The quantitative estimate of drug-likeness (QED) is 0.851. The molecule has 116 valence electrons. The minimum Gasteiger partial charge on any atom is -0.454 e. The summed E-state index contributed by atoms with van der Waals surface area (Å²) in [5, 5.41) is 0. The Morgan fingerprint density at radius 3 is 2.71 bits per heavy atom. The topological polar surface area (TPSA) is 47.7 Å². The van der Waals surface area contributed by atoms with E-state index in [1.54, 1.807) is 0 Å². The second-order valence-electron chi connectivity index (χ2n) is 6.22. The normalized spacial score (nSPS) is 18.6. The van der Waals surface area contributed by atoms with Crippen LogP contribution in [0.15, 0.2) is 16.6 Å². The van der Waals surface area contributed by atoms with E-state index in [-0.39, 0.29) is 6.04 Å². The Morgan fingerprint density at radius 1 is 1.33 bits per heavy atom. The Balaban J connectivity index is 1.89. The molecule has 0 amide bonds. The van der Waals surface area contributed by atoms with Gasteiger partial charge in [0.2, 0.25) is 6.79 Å². The maximum absolute atomic E-state index is 6.11. The summed E-state index contributed by atoms with van der Waals surface area (Å²) in [5.74, 6) is 2.46. The average molecular weight is 355 g/mol. The Labute approximate surface area is 134 Å². The van der Waals surface area contributed by atoms with Crippen molar-refractivity contribution >= 4 is 15.9 Å². The van der Waals surface area contributed by atoms with Crippen LogP contribution in [0.4, 0.5) is 0 Å². The molecule has 0 spiro atoms. The summed E-state index contributed by atoms with van der Waals surface area (Å²) in [6, 6.07) is 4.89. The second-order valence-corrected chi connectivity index (χ2v) is 7.08. The molecule has 4 nitrogen and oxygen atoms in total. The summed E-state index contributed by atoms with van der Waals surface area (Å²) in [7, 11) is 0. The van der Waals surface area contributed by atoms with Gasteiger partial charge in [-0.15, -0.1) is 0 Å². The van der Waals surface area contributed by atoms with Crippen LogP contribution in [-0.2, 0) is 0 Å². The number of nitrogens with zero attached hydrogens (tertiary/aromatic N) is 1. The Hall–Kier alpha value is -0.780. The highest BCUT2D eigenvalue weighted by Crippen LogP contribution is 2.42. The number of hydrogen-bond acceptors (Lipinski definition) is 4. The molecule has 0 radical (unpaired) electrons. The lowest BCUT2D eigenvalue weighted by Crippen LogP contribution is -2.40. The lowest BCUT2D eigenvalue weighted by molar-refractivity contribution is 0.149. The molecule has 0 saturated heterocycles. The van der Waals surface area contributed by atoms with Gasteiger partial charge in [0.15, 0.2) is 11.5 Å². The van der Waals surface area contributed by atoms with Crippen LogP contribution >= 0.6 is 15.9 Å². The van der Waals surface area contributed by atoms with Gasteiger partial charge in [-0.3, -0.25) is 4.90 Å². The highest BCUT2D eigenvalue weighted by molar-refractivity contribution is 9.10. The zero-order valence-electron chi connectivity index (χ0n) is 12.6. The molecule has 1 unspecified atom stereocenters. The van der Waals surface area contributed by atoms with Gasteiger partial charge in [0.05, 0.1) is 4.47 Å². The molecule has 2 N–H and O–H groups in total. The fourth-order valence-corrected chi connectivity index (χ4v) is 3.51. The third-order valence-corrected chi connectivity index (χ3v) is 4.88. The standard InChI is InChI=1S/C16H23BrN2O2/c1-10(2)19(8-11-3-4-11)14(7-18)12-5-13(17)16-15(6-12)20-9-21-16/h5-6,10-11,14H,3-4,7-9,18H2,1-2H3. The second kappa shape index (κ2) is 6.15. The highest BCUT2D eigenvalue weighted by Gasteiger charge is 2.31. The van der Waals surface area contributed by atoms with E-state index < -0.39 is 0 Å².